The number of hydrogen-bond acceptors (Lipinski definition) is 5. The summed E-state index contributed by atoms with van der Waals surface area (Å²) in [5, 5.41) is 4.83. The second-order valence-corrected chi connectivity index (χ2v) is 8.33. The second kappa shape index (κ2) is 7.24. The third-order valence-electron chi connectivity index (χ3n) is 5.18. The summed E-state index contributed by atoms with van der Waals surface area (Å²) in [6, 6.07) is 5.89. The van der Waals surface area contributed by atoms with Crippen molar-refractivity contribution in [3.8, 4) is 5.69 Å². The number of rotatable bonds is 2. The van der Waals surface area contributed by atoms with E-state index in [2.05, 4.69) is 31.0 Å². The van der Waals surface area contributed by atoms with Crippen molar-refractivity contribution in [3.63, 3.8) is 0 Å². The summed E-state index contributed by atoms with van der Waals surface area (Å²) in [4.78, 5) is 27.7. The van der Waals surface area contributed by atoms with Crippen LogP contribution in [0.5, 0.6) is 0 Å². The topological polar surface area (TPSA) is 76.3 Å². The Balaban J connectivity index is 1.74. The van der Waals surface area contributed by atoms with Crippen molar-refractivity contribution in [3.05, 3.63) is 68.7 Å². The van der Waals surface area contributed by atoms with Gasteiger partial charge in [-0.2, -0.15) is 0 Å². The molecule has 0 saturated carbocycles. The van der Waals surface area contributed by atoms with Gasteiger partial charge in [-0.3, -0.25) is 14.8 Å². The molecule has 7 nitrogen and oxygen atoms in total. The van der Waals surface area contributed by atoms with Gasteiger partial charge >= 0.3 is 0 Å². The average Bonchev–Trinajstić information content (AvgIpc) is 3.09. The zero-order valence-corrected chi connectivity index (χ0v) is 18.2. The molecule has 152 valence electrons. The van der Waals surface area contributed by atoms with E-state index in [0.29, 0.717) is 45.4 Å². The molecule has 30 heavy (non-hydrogen) atoms. The van der Waals surface area contributed by atoms with Gasteiger partial charge in [-0.15, -0.1) is 5.10 Å². The lowest BCUT2D eigenvalue weighted by Gasteiger charge is -2.29. The van der Waals surface area contributed by atoms with E-state index in [1.165, 1.54) is 18.3 Å². The zero-order valence-electron chi connectivity index (χ0n) is 15.8. The van der Waals surface area contributed by atoms with Crippen LogP contribution in [0.4, 0.5) is 4.39 Å². The van der Waals surface area contributed by atoms with Gasteiger partial charge in [0.1, 0.15) is 11.7 Å². The maximum atomic E-state index is 14.6. The van der Waals surface area contributed by atoms with E-state index >= 15 is 0 Å². The summed E-state index contributed by atoms with van der Waals surface area (Å²) in [7, 11) is 0. The molecule has 2 aliphatic heterocycles. The van der Waals surface area contributed by atoms with Crippen LogP contribution in [-0.2, 0) is 0 Å². The molecule has 0 N–H and O–H groups in total. The van der Waals surface area contributed by atoms with E-state index in [-0.39, 0.29) is 17.4 Å². The van der Waals surface area contributed by atoms with Crippen molar-refractivity contribution in [2.24, 2.45) is 4.99 Å². The molecule has 0 radical (unpaired) electrons. The number of hydrogen-bond donors (Lipinski definition) is 0. The fourth-order valence-corrected chi connectivity index (χ4v) is 4.10. The van der Waals surface area contributed by atoms with Gasteiger partial charge in [0, 0.05) is 29.3 Å². The van der Waals surface area contributed by atoms with Crippen LogP contribution in [0, 0.1) is 5.82 Å². The molecule has 10 heteroatoms. The molecule has 1 saturated heterocycles. The highest BCUT2D eigenvalue weighted by atomic mass is 79.9. The lowest BCUT2D eigenvalue weighted by Crippen LogP contribution is -2.42. The maximum Gasteiger partial charge on any atom is 0.293 e. The highest BCUT2D eigenvalue weighted by molar-refractivity contribution is 9.10. The predicted octanol–water partition coefficient (Wildman–Crippen LogP) is 3.98. The first-order valence-corrected chi connectivity index (χ1v) is 10.6. The fraction of sp³-hybridized carbons (Fsp3) is 0.250. The average molecular weight is 490 g/mol. The van der Waals surface area contributed by atoms with Crippen molar-refractivity contribution in [1.29, 1.82) is 0 Å². The Hall–Kier alpha value is -2.65. The number of benzene rings is 1. The number of aromatic nitrogens is 4. The van der Waals surface area contributed by atoms with Crippen LogP contribution in [-0.4, -0.2) is 49.4 Å². The molecule has 5 rings (SSSR count). The first-order chi connectivity index (χ1) is 14.5. The molecule has 2 aromatic heterocycles. The smallest absolute Gasteiger partial charge is 0.293 e. The SMILES string of the molecule is C[C@@H]1N=C(c2ncccc2F)c2c(ccc(Br)c2Cl)-n2nc(C(=O)N3CCC3)nc21. The fourth-order valence-electron chi connectivity index (χ4n) is 3.52. The monoisotopic (exact) mass is 488 g/mol. The van der Waals surface area contributed by atoms with Crippen molar-refractivity contribution in [1.82, 2.24) is 24.6 Å². The highest BCUT2D eigenvalue weighted by Gasteiger charge is 2.32. The van der Waals surface area contributed by atoms with Crippen LogP contribution in [0.2, 0.25) is 5.02 Å². The van der Waals surface area contributed by atoms with Crippen molar-refractivity contribution >= 4 is 39.1 Å². The molecule has 1 fully saturated rings. The summed E-state index contributed by atoms with van der Waals surface area (Å²) in [5.41, 5.74) is 1.43. The minimum atomic E-state index is -0.508. The van der Waals surface area contributed by atoms with Crippen molar-refractivity contribution in [2.45, 2.75) is 19.4 Å². The van der Waals surface area contributed by atoms with Crippen LogP contribution in [0.3, 0.4) is 0 Å². The second-order valence-electron chi connectivity index (χ2n) is 7.09. The van der Waals surface area contributed by atoms with E-state index in [0.717, 1.165) is 6.42 Å². The Morgan fingerprint density at radius 1 is 1.30 bits per heavy atom. The Morgan fingerprint density at radius 2 is 2.10 bits per heavy atom. The third kappa shape index (κ3) is 2.95. The minimum Gasteiger partial charge on any atom is -0.336 e. The van der Waals surface area contributed by atoms with E-state index in [4.69, 9.17) is 16.6 Å². The summed E-state index contributed by atoms with van der Waals surface area (Å²) in [6.45, 7) is 3.22. The van der Waals surface area contributed by atoms with E-state index in [1.807, 2.05) is 6.92 Å². The van der Waals surface area contributed by atoms with Crippen LogP contribution in [0.1, 0.15) is 47.1 Å². The lowest BCUT2D eigenvalue weighted by atomic mass is 10.0. The largest absolute Gasteiger partial charge is 0.336 e. The van der Waals surface area contributed by atoms with Crippen molar-refractivity contribution < 1.29 is 9.18 Å². The Kier molecular flexibility index (Phi) is 4.67. The van der Waals surface area contributed by atoms with Crippen LogP contribution in [0.25, 0.3) is 5.69 Å². The van der Waals surface area contributed by atoms with Crippen molar-refractivity contribution in [2.75, 3.05) is 13.1 Å². The zero-order chi connectivity index (χ0) is 21.0. The molecule has 0 spiro atoms. The number of fused-ring (bicyclic) bond motifs is 3. The van der Waals surface area contributed by atoms with Gasteiger partial charge < -0.3 is 4.90 Å². The van der Waals surface area contributed by atoms with Gasteiger partial charge in [-0.05, 0) is 53.5 Å². The molecule has 0 bridgehead atoms. The Labute approximate surface area is 184 Å². The minimum absolute atomic E-state index is 0.0910. The van der Waals surface area contributed by atoms with Crippen LogP contribution in [0.15, 0.2) is 39.9 Å². The number of carbonyl (C=O) groups is 1. The van der Waals surface area contributed by atoms with Gasteiger partial charge in [0.15, 0.2) is 11.6 Å². The van der Waals surface area contributed by atoms with Gasteiger partial charge in [-0.25, -0.2) is 14.1 Å². The number of pyridine rings is 1. The summed E-state index contributed by atoms with van der Waals surface area (Å²) in [5.74, 6) is -0.126. The first kappa shape index (κ1) is 19.3. The summed E-state index contributed by atoms with van der Waals surface area (Å²) in [6.07, 6.45) is 2.48. The normalized spacial score (nSPS) is 17.5. The Morgan fingerprint density at radius 3 is 2.80 bits per heavy atom. The molecule has 0 aliphatic carbocycles. The highest BCUT2D eigenvalue weighted by Crippen LogP contribution is 2.37. The molecule has 3 aromatic rings. The molecule has 0 unspecified atom stereocenters. The lowest BCUT2D eigenvalue weighted by molar-refractivity contribution is 0.0639. The molecule has 2 aliphatic rings. The molecular weight excluding hydrogens is 475 g/mol. The van der Waals surface area contributed by atoms with E-state index < -0.39 is 11.9 Å². The molecular formula is C20H15BrClFN6O. The van der Waals surface area contributed by atoms with Gasteiger partial charge in [0.25, 0.3) is 5.91 Å². The van der Waals surface area contributed by atoms with E-state index in [9.17, 15) is 9.18 Å². The molecule has 1 aromatic carbocycles. The quantitative estimate of drug-likeness (QED) is 0.546. The summed E-state index contributed by atoms with van der Waals surface area (Å²) < 4.78 is 16.8. The number of halogens is 3. The maximum absolute atomic E-state index is 14.6. The number of nitrogens with zero attached hydrogens (tertiary/aromatic N) is 6. The first-order valence-electron chi connectivity index (χ1n) is 9.39. The number of likely N-dealkylation sites (tertiary alicyclic amines) is 1. The number of amides is 1. The van der Waals surface area contributed by atoms with Gasteiger partial charge in [0.05, 0.1) is 16.4 Å². The third-order valence-corrected chi connectivity index (χ3v) is 6.47. The standard InChI is InChI=1S/C20H15BrClFN6O/c1-10-19-26-18(20(30)28-8-3-9-28)27-29(19)13-6-5-11(21)15(22)14(13)17(25-10)16-12(23)4-2-7-24-16/h2,4-7,10H,3,8-9H2,1H3/t10-/m0/s1. The van der Waals surface area contributed by atoms with Gasteiger partial charge in [0.2, 0.25) is 5.82 Å². The van der Waals surface area contributed by atoms with Crippen LogP contribution < -0.4 is 0 Å². The van der Waals surface area contributed by atoms with E-state index in [1.54, 1.807) is 21.7 Å². The van der Waals surface area contributed by atoms with Gasteiger partial charge in [-0.1, -0.05) is 11.6 Å². The number of carbonyl (C=O) groups excluding carboxylic acids is 1. The summed E-state index contributed by atoms with van der Waals surface area (Å²) >= 11 is 10.1. The number of aliphatic imine (C=N–C) groups is 1. The molecule has 4 heterocycles. The predicted molar refractivity (Wildman–Crippen MR) is 113 cm³/mol. The molecule has 1 amide bonds. The molecule has 1 atom stereocenters. The Bertz CT molecular complexity index is 1220. The van der Waals surface area contributed by atoms with Crippen LogP contribution >= 0.6 is 27.5 Å².